The van der Waals surface area contributed by atoms with Gasteiger partial charge in [0.1, 0.15) is 5.82 Å². The van der Waals surface area contributed by atoms with Gasteiger partial charge in [0.25, 0.3) is 0 Å². The number of hydrogen-bond acceptors (Lipinski definition) is 1. The van der Waals surface area contributed by atoms with Gasteiger partial charge in [0.15, 0.2) is 0 Å². The lowest BCUT2D eigenvalue weighted by Crippen LogP contribution is -2.20. The zero-order chi connectivity index (χ0) is 14.5. The maximum atomic E-state index is 13.8. The molecule has 0 saturated carbocycles. The van der Waals surface area contributed by atoms with E-state index < -0.39 is 0 Å². The molecule has 106 valence electrons. The molecule has 2 rings (SSSR count). The summed E-state index contributed by atoms with van der Waals surface area (Å²) in [4.78, 5) is 0. The largest absolute Gasteiger partial charge is 0.306 e. The molecule has 20 heavy (non-hydrogen) atoms. The number of hydrogen-bond donors (Lipinski definition) is 1. The zero-order valence-corrected chi connectivity index (χ0v) is 13.5. The van der Waals surface area contributed by atoms with Gasteiger partial charge in [-0.15, -0.1) is 0 Å². The Morgan fingerprint density at radius 2 is 1.90 bits per heavy atom. The van der Waals surface area contributed by atoms with Crippen LogP contribution in [0.4, 0.5) is 4.39 Å². The highest BCUT2D eigenvalue weighted by Crippen LogP contribution is 2.22. The van der Waals surface area contributed by atoms with Crippen LogP contribution in [0.3, 0.4) is 0 Å². The van der Waals surface area contributed by atoms with Crippen LogP contribution in [0.2, 0.25) is 5.02 Å². The van der Waals surface area contributed by atoms with Crippen molar-refractivity contribution in [2.45, 2.75) is 25.9 Å². The minimum atomic E-state index is -0.340. The first kappa shape index (κ1) is 15.5. The smallest absolute Gasteiger partial charge is 0.146 e. The molecule has 4 heteroatoms. The normalized spacial score (nSPS) is 12.4. The summed E-state index contributed by atoms with van der Waals surface area (Å²) in [6.07, 6.45) is 0.934. The molecule has 0 aromatic heterocycles. The van der Waals surface area contributed by atoms with Crippen molar-refractivity contribution >= 4 is 27.5 Å². The maximum absolute atomic E-state index is 13.8. The Balaban J connectivity index is 2.07. The summed E-state index contributed by atoms with van der Waals surface area (Å²) in [5.41, 5.74) is 1.78. The molecule has 0 radical (unpaired) electrons. The van der Waals surface area contributed by atoms with Crippen molar-refractivity contribution in [2.24, 2.45) is 0 Å². The third kappa shape index (κ3) is 3.81. The molecule has 1 atom stereocenters. The van der Waals surface area contributed by atoms with Gasteiger partial charge in [-0.3, -0.25) is 0 Å². The van der Waals surface area contributed by atoms with E-state index in [0.717, 1.165) is 10.9 Å². The summed E-state index contributed by atoms with van der Waals surface area (Å²) < 4.78 is 14.9. The fourth-order valence-corrected chi connectivity index (χ4v) is 2.57. The number of halogens is 3. The molecule has 0 spiro atoms. The second kappa shape index (κ2) is 7.21. The average Bonchev–Trinajstić information content (AvgIpc) is 2.45. The Morgan fingerprint density at radius 1 is 1.20 bits per heavy atom. The fraction of sp³-hybridized carbons (Fsp3) is 0.250. The Bertz CT molecular complexity index is 571. The first-order chi connectivity index (χ1) is 9.61. The lowest BCUT2D eigenvalue weighted by molar-refractivity contribution is 0.504. The molecule has 2 aromatic rings. The predicted molar refractivity (Wildman–Crippen MR) is 85.4 cm³/mol. The van der Waals surface area contributed by atoms with Crippen LogP contribution < -0.4 is 5.32 Å². The molecule has 1 nitrogen and oxygen atoms in total. The van der Waals surface area contributed by atoms with Crippen LogP contribution in [0.15, 0.2) is 46.9 Å². The second-order valence-electron chi connectivity index (χ2n) is 4.61. The van der Waals surface area contributed by atoms with E-state index in [1.165, 1.54) is 5.56 Å². The molecule has 0 aliphatic rings. The molecular weight excluding hydrogens is 341 g/mol. The monoisotopic (exact) mass is 355 g/mol. The number of nitrogens with one attached hydrogen (secondary N) is 1. The van der Waals surface area contributed by atoms with E-state index >= 15 is 0 Å². The molecule has 0 saturated heterocycles. The van der Waals surface area contributed by atoms with Crippen molar-refractivity contribution < 1.29 is 4.39 Å². The van der Waals surface area contributed by atoms with Gasteiger partial charge in [0.05, 0.1) is 5.02 Å². The van der Waals surface area contributed by atoms with Crippen molar-refractivity contribution in [1.29, 1.82) is 0 Å². The van der Waals surface area contributed by atoms with Gasteiger partial charge in [-0.25, -0.2) is 4.39 Å². The Labute approximate surface area is 132 Å². The highest BCUT2D eigenvalue weighted by molar-refractivity contribution is 9.10. The Kier molecular flexibility index (Phi) is 5.58. The predicted octanol–water partition coefficient (Wildman–Crippen LogP) is 5.48. The van der Waals surface area contributed by atoms with Gasteiger partial charge in [-0.2, -0.15) is 0 Å². The van der Waals surface area contributed by atoms with Gasteiger partial charge >= 0.3 is 0 Å². The van der Waals surface area contributed by atoms with Crippen LogP contribution in [0, 0.1) is 5.82 Å². The van der Waals surface area contributed by atoms with Gasteiger partial charge in [-0.05, 0) is 30.2 Å². The SMILES string of the molecule is CCC(NCc1cccc(Cl)c1F)c1ccc(Br)cc1. The number of rotatable bonds is 5. The van der Waals surface area contributed by atoms with Crippen molar-refractivity contribution in [3.05, 3.63) is 68.9 Å². The summed E-state index contributed by atoms with van der Waals surface area (Å²) in [7, 11) is 0. The minimum Gasteiger partial charge on any atom is -0.306 e. The highest BCUT2D eigenvalue weighted by Gasteiger charge is 2.11. The average molecular weight is 357 g/mol. The maximum Gasteiger partial charge on any atom is 0.146 e. The Morgan fingerprint density at radius 3 is 2.55 bits per heavy atom. The van der Waals surface area contributed by atoms with Crippen LogP contribution in [0.5, 0.6) is 0 Å². The summed E-state index contributed by atoms with van der Waals surface area (Å²) >= 11 is 9.21. The molecule has 0 heterocycles. The molecule has 0 bridgehead atoms. The molecule has 0 aliphatic heterocycles. The van der Waals surface area contributed by atoms with Crippen molar-refractivity contribution in [2.75, 3.05) is 0 Å². The zero-order valence-electron chi connectivity index (χ0n) is 11.2. The summed E-state index contributed by atoms with van der Waals surface area (Å²) in [5, 5.41) is 3.54. The number of benzene rings is 2. The second-order valence-corrected chi connectivity index (χ2v) is 5.93. The molecular formula is C16H16BrClFN. The molecule has 0 fully saturated rings. The molecule has 1 N–H and O–H groups in total. The van der Waals surface area contributed by atoms with E-state index in [9.17, 15) is 4.39 Å². The lowest BCUT2D eigenvalue weighted by Gasteiger charge is -2.18. The van der Waals surface area contributed by atoms with E-state index in [4.69, 9.17) is 11.6 Å². The first-order valence-corrected chi connectivity index (χ1v) is 7.70. The van der Waals surface area contributed by atoms with Crippen molar-refractivity contribution in [3.8, 4) is 0 Å². The molecule has 0 aliphatic carbocycles. The topological polar surface area (TPSA) is 12.0 Å². The highest BCUT2D eigenvalue weighted by atomic mass is 79.9. The minimum absolute atomic E-state index is 0.168. The van der Waals surface area contributed by atoms with Crippen LogP contribution in [-0.2, 0) is 6.54 Å². The van der Waals surface area contributed by atoms with Crippen LogP contribution >= 0.6 is 27.5 Å². The lowest BCUT2D eigenvalue weighted by atomic mass is 10.0. The summed E-state index contributed by atoms with van der Waals surface area (Å²) in [5.74, 6) is -0.340. The van der Waals surface area contributed by atoms with Gasteiger partial charge in [0.2, 0.25) is 0 Å². The van der Waals surface area contributed by atoms with Crippen molar-refractivity contribution in [3.63, 3.8) is 0 Å². The summed E-state index contributed by atoms with van der Waals surface area (Å²) in [6, 6.07) is 13.4. The van der Waals surface area contributed by atoms with E-state index in [0.29, 0.717) is 12.1 Å². The molecule has 1 unspecified atom stereocenters. The van der Waals surface area contributed by atoms with Crippen LogP contribution in [0.25, 0.3) is 0 Å². The van der Waals surface area contributed by atoms with Gasteiger partial charge in [-0.1, -0.05) is 58.7 Å². The van der Waals surface area contributed by atoms with Gasteiger partial charge < -0.3 is 5.32 Å². The van der Waals surface area contributed by atoms with Crippen LogP contribution in [-0.4, -0.2) is 0 Å². The summed E-state index contributed by atoms with van der Waals surface area (Å²) in [6.45, 7) is 2.56. The third-order valence-corrected chi connectivity index (χ3v) is 4.07. The Hall–Kier alpha value is -0.900. The quantitative estimate of drug-likeness (QED) is 0.747. The van der Waals surface area contributed by atoms with E-state index in [1.807, 2.05) is 12.1 Å². The van der Waals surface area contributed by atoms with Gasteiger partial charge in [0, 0.05) is 22.6 Å². The van der Waals surface area contributed by atoms with E-state index in [1.54, 1.807) is 18.2 Å². The first-order valence-electron chi connectivity index (χ1n) is 6.53. The van der Waals surface area contributed by atoms with E-state index in [-0.39, 0.29) is 16.9 Å². The molecule has 2 aromatic carbocycles. The fourth-order valence-electron chi connectivity index (χ4n) is 2.11. The van der Waals surface area contributed by atoms with Crippen molar-refractivity contribution in [1.82, 2.24) is 5.32 Å². The standard InChI is InChI=1S/C16H16BrClFN/c1-2-15(11-6-8-13(17)9-7-11)20-10-12-4-3-5-14(18)16(12)19/h3-9,15,20H,2,10H2,1H3. The van der Waals surface area contributed by atoms with E-state index in [2.05, 4.69) is 40.3 Å². The van der Waals surface area contributed by atoms with Crippen LogP contribution in [0.1, 0.15) is 30.5 Å². The third-order valence-electron chi connectivity index (χ3n) is 3.25. The molecule has 0 amide bonds.